The van der Waals surface area contributed by atoms with E-state index in [1.54, 1.807) is 17.0 Å². The number of piperazine rings is 1. The van der Waals surface area contributed by atoms with Crippen molar-refractivity contribution in [1.29, 1.82) is 0 Å². The second-order valence-electron chi connectivity index (χ2n) is 9.51. The van der Waals surface area contributed by atoms with Crippen molar-refractivity contribution in [3.8, 4) is 11.3 Å². The number of hydrogen-bond donors (Lipinski definition) is 0. The summed E-state index contributed by atoms with van der Waals surface area (Å²) in [6.07, 6.45) is 1.47. The molecule has 0 radical (unpaired) electrons. The highest BCUT2D eigenvalue weighted by Gasteiger charge is 2.30. The Morgan fingerprint density at radius 2 is 1.63 bits per heavy atom. The molecule has 1 atom stereocenters. The first-order chi connectivity index (χ1) is 18.5. The first-order valence-electron chi connectivity index (χ1n) is 12.8. The largest absolute Gasteiger partial charge is 0.459 e. The van der Waals surface area contributed by atoms with Crippen LogP contribution in [0.3, 0.4) is 0 Å². The van der Waals surface area contributed by atoms with E-state index in [0.717, 1.165) is 22.6 Å². The molecule has 0 saturated carbocycles. The lowest BCUT2D eigenvalue weighted by molar-refractivity contribution is -0.132. The van der Waals surface area contributed by atoms with Gasteiger partial charge in [-0.3, -0.25) is 9.59 Å². The molecular formula is C30H31N5O3. The Balaban J connectivity index is 1.22. The highest BCUT2D eigenvalue weighted by atomic mass is 16.3. The molecule has 0 N–H and O–H groups in total. The Kier molecular flexibility index (Phi) is 7.49. The van der Waals surface area contributed by atoms with E-state index in [2.05, 4.69) is 34.2 Å². The van der Waals surface area contributed by atoms with E-state index in [0.29, 0.717) is 26.2 Å². The van der Waals surface area contributed by atoms with Crippen molar-refractivity contribution in [2.24, 2.45) is 0 Å². The minimum Gasteiger partial charge on any atom is -0.459 e. The van der Waals surface area contributed by atoms with Crippen LogP contribution in [0.5, 0.6) is 0 Å². The van der Waals surface area contributed by atoms with Crippen molar-refractivity contribution in [2.75, 3.05) is 37.6 Å². The van der Waals surface area contributed by atoms with Crippen molar-refractivity contribution >= 4 is 17.6 Å². The summed E-state index contributed by atoms with van der Waals surface area (Å²) in [5, 5.41) is 8.85. The van der Waals surface area contributed by atoms with E-state index in [9.17, 15) is 9.59 Å². The summed E-state index contributed by atoms with van der Waals surface area (Å²) in [6, 6.07) is 24.9. The predicted molar refractivity (Wildman–Crippen MR) is 146 cm³/mol. The number of carbonyl (C=O) groups is 2. The number of hydrogen-bond acceptors (Lipinski definition) is 6. The Labute approximate surface area is 222 Å². The standard InChI is InChI=1S/C30H31N5O3/c1-22-10-12-25(13-11-22)26-14-15-28(32-31-26)33-16-18-34(19-17-33)29(36)21-35(30(37)27-9-6-20-38-27)23(2)24-7-4-3-5-8-24/h3-15,20,23H,16-19,21H2,1-2H3. The summed E-state index contributed by atoms with van der Waals surface area (Å²) >= 11 is 0. The van der Waals surface area contributed by atoms with Crippen LogP contribution in [0, 0.1) is 6.92 Å². The fraction of sp³-hybridized carbons (Fsp3) is 0.267. The third-order valence-electron chi connectivity index (χ3n) is 7.00. The topological polar surface area (TPSA) is 82.8 Å². The molecule has 0 bridgehead atoms. The lowest BCUT2D eigenvalue weighted by atomic mass is 10.1. The Bertz CT molecular complexity index is 1350. The molecule has 1 fully saturated rings. The quantitative estimate of drug-likeness (QED) is 0.362. The third-order valence-corrected chi connectivity index (χ3v) is 7.00. The van der Waals surface area contributed by atoms with E-state index < -0.39 is 0 Å². The average molecular weight is 510 g/mol. The Morgan fingerprint density at radius 1 is 0.895 bits per heavy atom. The molecule has 1 aliphatic heterocycles. The summed E-state index contributed by atoms with van der Waals surface area (Å²) in [5.41, 5.74) is 4.02. The molecule has 1 aliphatic rings. The van der Waals surface area contributed by atoms with E-state index in [4.69, 9.17) is 4.42 Å². The molecule has 8 nitrogen and oxygen atoms in total. The van der Waals surface area contributed by atoms with Crippen molar-refractivity contribution < 1.29 is 14.0 Å². The number of anilines is 1. The van der Waals surface area contributed by atoms with Gasteiger partial charge in [-0.2, -0.15) is 0 Å². The van der Waals surface area contributed by atoms with E-state index >= 15 is 0 Å². The predicted octanol–water partition coefficient (Wildman–Crippen LogP) is 4.60. The third kappa shape index (κ3) is 5.59. The summed E-state index contributed by atoms with van der Waals surface area (Å²) in [5.74, 6) is 0.619. The first kappa shape index (κ1) is 25.2. The number of amides is 2. The summed E-state index contributed by atoms with van der Waals surface area (Å²) in [6.45, 7) is 6.34. The van der Waals surface area contributed by atoms with Crippen LogP contribution in [0.15, 0.2) is 89.5 Å². The van der Waals surface area contributed by atoms with Gasteiger partial charge in [0, 0.05) is 31.7 Å². The first-order valence-corrected chi connectivity index (χ1v) is 12.8. The average Bonchev–Trinajstić information content (AvgIpc) is 3.51. The van der Waals surface area contributed by atoms with Crippen molar-refractivity contribution in [3.05, 3.63) is 102 Å². The molecule has 0 aliphatic carbocycles. The zero-order valence-corrected chi connectivity index (χ0v) is 21.7. The zero-order valence-electron chi connectivity index (χ0n) is 21.7. The maximum Gasteiger partial charge on any atom is 0.290 e. The zero-order chi connectivity index (χ0) is 26.5. The molecule has 3 heterocycles. The molecule has 38 heavy (non-hydrogen) atoms. The lowest BCUT2D eigenvalue weighted by Gasteiger charge is -2.37. The van der Waals surface area contributed by atoms with Crippen molar-refractivity contribution in [3.63, 3.8) is 0 Å². The summed E-state index contributed by atoms with van der Waals surface area (Å²) in [7, 11) is 0. The van der Waals surface area contributed by atoms with Gasteiger partial charge in [-0.15, -0.1) is 10.2 Å². The summed E-state index contributed by atoms with van der Waals surface area (Å²) < 4.78 is 5.36. The van der Waals surface area contributed by atoms with E-state index in [1.807, 2.05) is 66.4 Å². The number of furan rings is 1. The Hall–Kier alpha value is -4.46. The minimum atomic E-state index is -0.303. The molecular weight excluding hydrogens is 478 g/mol. The second-order valence-corrected chi connectivity index (χ2v) is 9.51. The van der Waals surface area contributed by atoms with Gasteiger partial charge in [0.05, 0.1) is 18.0 Å². The molecule has 1 saturated heterocycles. The van der Waals surface area contributed by atoms with E-state index in [-0.39, 0.29) is 30.2 Å². The molecule has 2 aromatic heterocycles. The van der Waals surface area contributed by atoms with Gasteiger partial charge < -0.3 is 19.1 Å². The fourth-order valence-corrected chi connectivity index (χ4v) is 4.64. The smallest absolute Gasteiger partial charge is 0.290 e. The van der Waals surface area contributed by atoms with Crippen LogP contribution in [0.2, 0.25) is 0 Å². The number of nitrogens with zero attached hydrogens (tertiary/aromatic N) is 5. The van der Waals surface area contributed by atoms with Crippen LogP contribution in [-0.2, 0) is 4.79 Å². The number of aryl methyl sites for hydroxylation is 1. The van der Waals surface area contributed by atoms with Gasteiger partial charge in [0.25, 0.3) is 5.91 Å². The van der Waals surface area contributed by atoms with E-state index in [1.165, 1.54) is 11.8 Å². The van der Waals surface area contributed by atoms with Crippen molar-refractivity contribution in [1.82, 2.24) is 20.0 Å². The van der Waals surface area contributed by atoms with Crippen LogP contribution < -0.4 is 4.90 Å². The van der Waals surface area contributed by atoms with Crippen LogP contribution in [-0.4, -0.2) is 64.5 Å². The number of benzene rings is 2. The highest BCUT2D eigenvalue weighted by molar-refractivity contribution is 5.94. The van der Waals surface area contributed by atoms with Gasteiger partial charge in [0.15, 0.2) is 11.6 Å². The second kappa shape index (κ2) is 11.3. The molecule has 2 aromatic carbocycles. The van der Waals surface area contributed by atoms with Crippen LogP contribution in [0.4, 0.5) is 5.82 Å². The van der Waals surface area contributed by atoms with Gasteiger partial charge in [-0.25, -0.2) is 0 Å². The van der Waals surface area contributed by atoms with Gasteiger partial charge in [0.2, 0.25) is 5.91 Å². The minimum absolute atomic E-state index is 0.0271. The molecule has 0 spiro atoms. The van der Waals surface area contributed by atoms with Gasteiger partial charge in [-0.1, -0.05) is 60.2 Å². The molecule has 194 valence electrons. The normalized spacial score (nSPS) is 14.3. The van der Waals surface area contributed by atoms with Crippen LogP contribution >= 0.6 is 0 Å². The van der Waals surface area contributed by atoms with Gasteiger partial charge >= 0.3 is 0 Å². The monoisotopic (exact) mass is 509 g/mol. The van der Waals surface area contributed by atoms with Crippen LogP contribution in [0.1, 0.15) is 34.6 Å². The van der Waals surface area contributed by atoms with Crippen molar-refractivity contribution in [2.45, 2.75) is 19.9 Å². The Morgan fingerprint density at radius 3 is 2.26 bits per heavy atom. The number of carbonyl (C=O) groups excluding carboxylic acids is 2. The molecule has 5 rings (SSSR count). The molecule has 8 heteroatoms. The molecule has 4 aromatic rings. The number of aromatic nitrogens is 2. The van der Waals surface area contributed by atoms with Crippen LogP contribution in [0.25, 0.3) is 11.3 Å². The fourth-order valence-electron chi connectivity index (χ4n) is 4.64. The summed E-state index contributed by atoms with van der Waals surface area (Å²) in [4.78, 5) is 32.1. The van der Waals surface area contributed by atoms with Gasteiger partial charge in [0.1, 0.15) is 6.54 Å². The molecule has 1 unspecified atom stereocenters. The number of rotatable bonds is 7. The SMILES string of the molecule is Cc1ccc(-c2ccc(N3CCN(C(=O)CN(C(=O)c4ccco4)C(C)c4ccccc4)CC3)nn2)cc1. The molecule has 2 amide bonds. The maximum atomic E-state index is 13.3. The maximum absolute atomic E-state index is 13.3. The lowest BCUT2D eigenvalue weighted by Crippen LogP contribution is -2.52. The highest BCUT2D eigenvalue weighted by Crippen LogP contribution is 2.24. The van der Waals surface area contributed by atoms with Gasteiger partial charge in [-0.05, 0) is 43.7 Å².